The van der Waals surface area contributed by atoms with Gasteiger partial charge in [-0.1, -0.05) is 54.6 Å². The zero-order chi connectivity index (χ0) is 19.3. The van der Waals surface area contributed by atoms with Gasteiger partial charge in [0, 0.05) is 12.1 Å². The molecule has 1 amide bonds. The maximum atomic E-state index is 12.7. The number of piperidine rings is 3. The van der Waals surface area contributed by atoms with E-state index in [-0.39, 0.29) is 12.7 Å². The summed E-state index contributed by atoms with van der Waals surface area (Å²) in [4.78, 5) is 15.0. The molecule has 146 valence electrons. The number of nitrogens with one attached hydrogen (secondary N) is 1. The maximum absolute atomic E-state index is 12.7. The summed E-state index contributed by atoms with van der Waals surface area (Å²) in [5, 5.41) is 12.0. The molecule has 2 aromatic carbocycles. The second-order valence-electron chi connectivity index (χ2n) is 7.46. The molecule has 2 N–H and O–H groups in total. The van der Waals surface area contributed by atoms with E-state index in [2.05, 4.69) is 10.2 Å². The molecule has 3 fully saturated rings. The minimum atomic E-state index is -0.404. The van der Waals surface area contributed by atoms with E-state index in [1.54, 1.807) is 6.08 Å². The first-order valence-electron chi connectivity index (χ1n) is 9.90. The van der Waals surface area contributed by atoms with Gasteiger partial charge in [-0.25, -0.2) is 4.79 Å². The molecule has 5 nitrogen and oxygen atoms in total. The highest BCUT2D eigenvalue weighted by molar-refractivity contribution is 5.92. The topological polar surface area (TPSA) is 61.8 Å². The Morgan fingerprint density at radius 2 is 1.96 bits per heavy atom. The van der Waals surface area contributed by atoms with E-state index in [1.807, 2.05) is 54.6 Å². The largest absolute Gasteiger partial charge is 0.444 e. The molecule has 5 heteroatoms. The number of aliphatic hydroxyl groups is 1. The molecular weight excluding hydrogens is 352 g/mol. The van der Waals surface area contributed by atoms with Gasteiger partial charge in [0.2, 0.25) is 0 Å². The van der Waals surface area contributed by atoms with Gasteiger partial charge in [0.15, 0.2) is 0 Å². The third kappa shape index (κ3) is 4.26. The third-order valence-electron chi connectivity index (χ3n) is 5.64. The van der Waals surface area contributed by atoms with Crippen molar-refractivity contribution >= 4 is 17.9 Å². The number of benzene rings is 2. The first kappa shape index (κ1) is 18.7. The van der Waals surface area contributed by atoms with E-state index in [0.717, 1.165) is 49.2 Å². The third-order valence-corrected chi connectivity index (χ3v) is 5.64. The molecule has 0 aromatic heterocycles. The van der Waals surface area contributed by atoms with Crippen LogP contribution in [-0.4, -0.2) is 48.4 Å². The van der Waals surface area contributed by atoms with Crippen LogP contribution in [0.2, 0.25) is 0 Å². The first-order chi connectivity index (χ1) is 13.7. The zero-order valence-electron chi connectivity index (χ0n) is 15.9. The molecule has 3 aliphatic rings. The zero-order valence-corrected chi connectivity index (χ0v) is 15.9. The van der Waals surface area contributed by atoms with Gasteiger partial charge < -0.3 is 9.84 Å². The Balaban J connectivity index is 1.54. The number of ether oxygens (including phenoxy) is 1. The fourth-order valence-electron chi connectivity index (χ4n) is 4.15. The lowest BCUT2D eigenvalue weighted by Gasteiger charge is -2.43. The van der Waals surface area contributed by atoms with Crippen molar-refractivity contribution in [3.8, 4) is 11.1 Å². The van der Waals surface area contributed by atoms with Gasteiger partial charge in [0.1, 0.15) is 6.10 Å². The van der Waals surface area contributed by atoms with Gasteiger partial charge in [-0.15, -0.1) is 0 Å². The van der Waals surface area contributed by atoms with Crippen molar-refractivity contribution in [1.82, 2.24) is 4.90 Å². The minimum absolute atomic E-state index is 0.0230. The molecular formula is C23H26N2O3. The highest BCUT2D eigenvalue weighted by atomic mass is 16.6. The second kappa shape index (κ2) is 8.59. The average Bonchev–Trinajstić information content (AvgIpc) is 2.74. The summed E-state index contributed by atoms with van der Waals surface area (Å²) >= 11 is 0. The van der Waals surface area contributed by atoms with E-state index in [1.165, 1.54) is 0 Å². The van der Waals surface area contributed by atoms with Crippen LogP contribution in [0, 0.1) is 5.92 Å². The number of aliphatic hydroxyl groups excluding tert-OH is 1. The van der Waals surface area contributed by atoms with Gasteiger partial charge in [-0.3, -0.25) is 10.2 Å². The highest BCUT2D eigenvalue weighted by Crippen LogP contribution is 2.32. The molecule has 3 saturated heterocycles. The Morgan fingerprint density at radius 1 is 1.18 bits per heavy atom. The monoisotopic (exact) mass is 378 g/mol. The second-order valence-corrected chi connectivity index (χ2v) is 7.46. The van der Waals surface area contributed by atoms with Crippen molar-refractivity contribution in [3.63, 3.8) is 0 Å². The van der Waals surface area contributed by atoms with Crippen LogP contribution in [0.1, 0.15) is 18.4 Å². The summed E-state index contributed by atoms with van der Waals surface area (Å²) in [5.74, 6) is 0.475. The summed E-state index contributed by atoms with van der Waals surface area (Å²) < 4.78 is 5.79. The maximum Gasteiger partial charge on any atom is 0.411 e. The smallest absolute Gasteiger partial charge is 0.411 e. The van der Waals surface area contributed by atoms with Crippen molar-refractivity contribution in [3.05, 3.63) is 60.2 Å². The average molecular weight is 378 g/mol. The standard InChI is InChI=1S/C23H26N2O3/c26-14-4-5-17-8-9-20(18-6-2-1-3-7-18)21(15-17)24-23(27)28-22-16-25-12-10-19(22)11-13-25/h1-9,15,19,22,26H,10-14,16H2,(H,24,27)/b5-4+/t22-/m0/s1. The predicted octanol–water partition coefficient (Wildman–Crippen LogP) is 4.00. The molecule has 2 bridgehead atoms. The lowest BCUT2D eigenvalue weighted by atomic mass is 9.86. The molecule has 5 rings (SSSR count). The molecule has 2 aromatic rings. The summed E-state index contributed by atoms with van der Waals surface area (Å²) in [6.07, 6.45) is 5.29. The van der Waals surface area contributed by atoms with E-state index < -0.39 is 6.09 Å². The summed E-state index contributed by atoms with van der Waals surface area (Å²) in [6, 6.07) is 15.8. The summed E-state index contributed by atoms with van der Waals surface area (Å²) in [6.45, 7) is 3.04. The van der Waals surface area contributed by atoms with Crippen LogP contribution in [0.4, 0.5) is 10.5 Å². The molecule has 0 radical (unpaired) electrons. The molecule has 0 aliphatic carbocycles. The molecule has 3 aliphatic heterocycles. The Kier molecular flexibility index (Phi) is 5.74. The Hall–Kier alpha value is -2.63. The van der Waals surface area contributed by atoms with Crippen molar-refractivity contribution in [2.45, 2.75) is 18.9 Å². The van der Waals surface area contributed by atoms with Gasteiger partial charge in [0.25, 0.3) is 0 Å². The number of fused-ring (bicyclic) bond motifs is 3. The number of carbonyl (C=O) groups is 1. The van der Waals surface area contributed by atoms with E-state index in [0.29, 0.717) is 11.6 Å². The minimum Gasteiger partial charge on any atom is -0.444 e. The van der Waals surface area contributed by atoms with Gasteiger partial charge in [-0.05, 0) is 49.0 Å². The van der Waals surface area contributed by atoms with Crippen LogP contribution in [0.25, 0.3) is 17.2 Å². The van der Waals surface area contributed by atoms with Gasteiger partial charge in [0.05, 0.1) is 12.3 Å². The van der Waals surface area contributed by atoms with Crippen molar-refractivity contribution in [1.29, 1.82) is 0 Å². The Bertz CT molecular complexity index is 842. The van der Waals surface area contributed by atoms with Crippen LogP contribution in [0.3, 0.4) is 0 Å². The fourth-order valence-corrected chi connectivity index (χ4v) is 4.15. The summed E-state index contributed by atoms with van der Waals surface area (Å²) in [5.41, 5.74) is 3.58. The van der Waals surface area contributed by atoms with Crippen LogP contribution >= 0.6 is 0 Å². The number of carbonyl (C=O) groups excluding carboxylic acids is 1. The van der Waals surface area contributed by atoms with Gasteiger partial charge in [-0.2, -0.15) is 0 Å². The molecule has 0 spiro atoms. The lowest BCUT2D eigenvalue weighted by Crippen LogP contribution is -2.52. The normalized spacial score (nSPS) is 23.7. The number of rotatable bonds is 5. The van der Waals surface area contributed by atoms with E-state index >= 15 is 0 Å². The molecule has 3 heterocycles. The van der Waals surface area contributed by atoms with Crippen LogP contribution in [0.5, 0.6) is 0 Å². The van der Waals surface area contributed by atoms with Crippen molar-refractivity contribution in [2.75, 3.05) is 31.6 Å². The SMILES string of the molecule is O=C(Nc1cc(/C=C/CO)ccc1-c1ccccc1)O[C@H]1CN2CCC1CC2. The fraction of sp³-hybridized carbons (Fsp3) is 0.348. The quantitative estimate of drug-likeness (QED) is 0.826. The highest BCUT2D eigenvalue weighted by Gasteiger charge is 2.36. The van der Waals surface area contributed by atoms with Crippen LogP contribution < -0.4 is 5.32 Å². The van der Waals surface area contributed by atoms with E-state index in [4.69, 9.17) is 9.84 Å². The first-order valence-corrected chi connectivity index (χ1v) is 9.90. The number of nitrogens with zero attached hydrogens (tertiary/aromatic N) is 1. The molecule has 0 saturated carbocycles. The lowest BCUT2D eigenvalue weighted by molar-refractivity contribution is -0.0289. The van der Waals surface area contributed by atoms with Crippen molar-refractivity contribution in [2.24, 2.45) is 5.92 Å². The molecule has 1 atom stereocenters. The summed E-state index contributed by atoms with van der Waals surface area (Å²) in [7, 11) is 0. The van der Waals surface area contributed by atoms with Crippen molar-refractivity contribution < 1.29 is 14.6 Å². The van der Waals surface area contributed by atoms with Crippen LogP contribution in [0.15, 0.2) is 54.6 Å². The predicted molar refractivity (Wildman–Crippen MR) is 111 cm³/mol. The van der Waals surface area contributed by atoms with E-state index in [9.17, 15) is 4.79 Å². The van der Waals surface area contributed by atoms with Crippen LogP contribution in [-0.2, 0) is 4.74 Å². The Morgan fingerprint density at radius 3 is 2.64 bits per heavy atom. The Labute approximate surface area is 165 Å². The molecule has 28 heavy (non-hydrogen) atoms. The number of hydrogen-bond acceptors (Lipinski definition) is 4. The number of anilines is 1. The molecule has 0 unspecified atom stereocenters. The van der Waals surface area contributed by atoms with Gasteiger partial charge >= 0.3 is 6.09 Å². The number of amides is 1. The number of hydrogen-bond donors (Lipinski definition) is 2.